The molecule has 2 nitrogen and oxygen atoms in total. The Balaban J connectivity index is 2.20. The molecule has 1 fully saturated rings. The van der Waals surface area contributed by atoms with E-state index in [4.69, 9.17) is 0 Å². The highest BCUT2D eigenvalue weighted by Gasteiger charge is 2.36. The Morgan fingerprint density at radius 1 is 1.00 bits per heavy atom. The summed E-state index contributed by atoms with van der Waals surface area (Å²) in [5, 5.41) is 0. The van der Waals surface area contributed by atoms with E-state index in [9.17, 15) is 0 Å². The highest BCUT2D eigenvalue weighted by Crippen LogP contribution is 2.30. The van der Waals surface area contributed by atoms with Gasteiger partial charge in [-0.3, -0.25) is 9.80 Å². The quantitative estimate of drug-likeness (QED) is 0.808. The predicted octanol–water partition coefficient (Wildman–Crippen LogP) is 4.50. The van der Waals surface area contributed by atoms with Gasteiger partial charge in [0.25, 0.3) is 0 Å². The highest BCUT2D eigenvalue weighted by molar-refractivity contribution is 5.25. The number of hydrogen-bond donors (Lipinski definition) is 0. The molecule has 0 amide bonds. The molecule has 2 rings (SSSR count). The molecule has 1 heterocycles. The minimum absolute atomic E-state index is 0.491. The summed E-state index contributed by atoms with van der Waals surface area (Å²) in [5.74, 6) is 0.696. The molecule has 1 aliphatic heterocycles. The molecular weight excluding hydrogens is 268 g/mol. The number of benzene rings is 1. The van der Waals surface area contributed by atoms with Crippen LogP contribution in [0.3, 0.4) is 0 Å². The average Bonchev–Trinajstić information content (AvgIpc) is 2.45. The fourth-order valence-corrected chi connectivity index (χ4v) is 3.90. The van der Waals surface area contributed by atoms with E-state index >= 15 is 0 Å². The smallest absolute Gasteiger partial charge is 0.0324 e. The molecule has 1 aromatic rings. The van der Waals surface area contributed by atoms with Gasteiger partial charge in [-0.25, -0.2) is 0 Å². The minimum Gasteiger partial charge on any atom is -0.295 e. The number of nitrogens with zero attached hydrogens (tertiary/aromatic N) is 2. The minimum atomic E-state index is 0.491. The van der Waals surface area contributed by atoms with Gasteiger partial charge in [0.05, 0.1) is 0 Å². The normalized spacial score (nSPS) is 25.9. The Morgan fingerprint density at radius 2 is 1.68 bits per heavy atom. The monoisotopic (exact) mass is 302 g/mol. The van der Waals surface area contributed by atoms with Gasteiger partial charge in [-0.15, -0.1) is 0 Å². The van der Waals surface area contributed by atoms with Gasteiger partial charge in [-0.2, -0.15) is 0 Å². The number of hydrogen-bond acceptors (Lipinski definition) is 2. The van der Waals surface area contributed by atoms with Gasteiger partial charge in [0.15, 0.2) is 0 Å². The standard InChI is InChI=1S/C20H34N2/c1-14(2)20-13-22(17(6)12-21(20)15(3)4)18(7)19-10-8-9-16(5)11-19/h8-11,14-15,17-18,20H,12-13H2,1-7H3/t17-,18-,20+/m1/s1. The summed E-state index contributed by atoms with van der Waals surface area (Å²) in [6.45, 7) is 18.7. The van der Waals surface area contributed by atoms with Gasteiger partial charge in [0.2, 0.25) is 0 Å². The van der Waals surface area contributed by atoms with Crippen LogP contribution < -0.4 is 0 Å². The zero-order valence-corrected chi connectivity index (χ0v) is 15.5. The van der Waals surface area contributed by atoms with Crippen molar-refractivity contribution in [2.45, 2.75) is 72.6 Å². The second-order valence-electron chi connectivity index (χ2n) is 7.74. The lowest BCUT2D eigenvalue weighted by Gasteiger charge is -2.50. The van der Waals surface area contributed by atoms with Gasteiger partial charge < -0.3 is 0 Å². The number of aryl methyl sites for hydroxylation is 1. The first-order valence-electron chi connectivity index (χ1n) is 8.89. The molecular formula is C20H34N2. The van der Waals surface area contributed by atoms with Crippen LogP contribution in [0.25, 0.3) is 0 Å². The van der Waals surface area contributed by atoms with Crippen molar-refractivity contribution in [3.63, 3.8) is 0 Å². The summed E-state index contributed by atoms with van der Waals surface area (Å²) >= 11 is 0. The Bertz CT molecular complexity index is 480. The molecule has 1 saturated heterocycles. The fraction of sp³-hybridized carbons (Fsp3) is 0.700. The second kappa shape index (κ2) is 7.14. The topological polar surface area (TPSA) is 6.48 Å². The molecule has 0 radical (unpaired) electrons. The summed E-state index contributed by atoms with van der Waals surface area (Å²) in [6, 6.07) is 11.4. The SMILES string of the molecule is Cc1cccc([C@@H](C)N2C[C@@H](C(C)C)N(C(C)C)C[C@H]2C)c1. The van der Waals surface area contributed by atoms with Crippen LogP contribution in [0.5, 0.6) is 0 Å². The molecule has 3 atom stereocenters. The van der Waals surface area contributed by atoms with E-state index in [0.29, 0.717) is 30.1 Å². The maximum absolute atomic E-state index is 2.71. The third-order valence-corrected chi connectivity index (χ3v) is 5.32. The van der Waals surface area contributed by atoms with E-state index in [1.807, 2.05) is 0 Å². The highest BCUT2D eigenvalue weighted by atomic mass is 15.3. The van der Waals surface area contributed by atoms with Crippen LogP contribution in [-0.2, 0) is 0 Å². The van der Waals surface area contributed by atoms with Gasteiger partial charge in [0, 0.05) is 37.3 Å². The summed E-state index contributed by atoms with van der Waals surface area (Å²) < 4.78 is 0. The van der Waals surface area contributed by atoms with Crippen LogP contribution in [-0.4, -0.2) is 41.0 Å². The molecule has 0 bridgehead atoms. The third kappa shape index (κ3) is 3.72. The van der Waals surface area contributed by atoms with E-state index in [-0.39, 0.29) is 0 Å². The number of piperazine rings is 1. The molecule has 0 N–H and O–H groups in total. The van der Waals surface area contributed by atoms with E-state index in [0.717, 1.165) is 0 Å². The summed E-state index contributed by atoms with van der Waals surface area (Å²) in [6.07, 6.45) is 0. The van der Waals surface area contributed by atoms with Crippen molar-refractivity contribution in [2.24, 2.45) is 5.92 Å². The van der Waals surface area contributed by atoms with Crippen LogP contribution in [0.2, 0.25) is 0 Å². The Hall–Kier alpha value is -0.860. The van der Waals surface area contributed by atoms with E-state index in [1.165, 1.54) is 24.2 Å². The molecule has 2 heteroatoms. The molecule has 124 valence electrons. The van der Waals surface area contributed by atoms with Gasteiger partial charge >= 0.3 is 0 Å². The van der Waals surface area contributed by atoms with Gasteiger partial charge in [0.1, 0.15) is 0 Å². The lowest BCUT2D eigenvalue weighted by Crippen LogP contribution is -2.61. The molecule has 1 aromatic carbocycles. The maximum atomic E-state index is 2.71. The van der Waals surface area contributed by atoms with Gasteiger partial charge in [-0.1, -0.05) is 43.7 Å². The van der Waals surface area contributed by atoms with Crippen molar-refractivity contribution in [3.05, 3.63) is 35.4 Å². The van der Waals surface area contributed by atoms with Crippen LogP contribution >= 0.6 is 0 Å². The zero-order chi connectivity index (χ0) is 16.4. The first kappa shape index (κ1) is 17.5. The van der Waals surface area contributed by atoms with Crippen molar-refractivity contribution < 1.29 is 0 Å². The molecule has 22 heavy (non-hydrogen) atoms. The fourth-order valence-electron chi connectivity index (χ4n) is 3.90. The predicted molar refractivity (Wildman–Crippen MR) is 96.2 cm³/mol. The van der Waals surface area contributed by atoms with Crippen LogP contribution in [0.15, 0.2) is 24.3 Å². The Kier molecular flexibility index (Phi) is 5.68. The molecule has 0 saturated carbocycles. The molecule has 0 unspecified atom stereocenters. The lowest BCUT2D eigenvalue weighted by atomic mass is 9.93. The van der Waals surface area contributed by atoms with E-state index in [2.05, 4.69) is 82.5 Å². The van der Waals surface area contributed by atoms with E-state index < -0.39 is 0 Å². The average molecular weight is 303 g/mol. The van der Waals surface area contributed by atoms with Crippen LogP contribution in [0.4, 0.5) is 0 Å². The number of rotatable bonds is 4. The summed E-state index contributed by atoms with van der Waals surface area (Å²) in [7, 11) is 0. The largest absolute Gasteiger partial charge is 0.295 e. The van der Waals surface area contributed by atoms with Crippen LogP contribution in [0, 0.1) is 12.8 Å². The van der Waals surface area contributed by atoms with Crippen molar-refractivity contribution in [3.8, 4) is 0 Å². The summed E-state index contributed by atoms with van der Waals surface area (Å²) in [5.41, 5.74) is 2.81. The van der Waals surface area contributed by atoms with Crippen molar-refractivity contribution in [1.29, 1.82) is 0 Å². The van der Waals surface area contributed by atoms with Gasteiger partial charge in [-0.05, 0) is 46.1 Å². The second-order valence-corrected chi connectivity index (χ2v) is 7.74. The first-order chi connectivity index (χ1) is 10.3. The third-order valence-electron chi connectivity index (χ3n) is 5.32. The molecule has 0 aliphatic carbocycles. The van der Waals surface area contributed by atoms with E-state index in [1.54, 1.807) is 0 Å². The maximum Gasteiger partial charge on any atom is 0.0324 e. The Morgan fingerprint density at radius 3 is 2.23 bits per heavy atom. The van der Waals surface area contributed by atoms with Crippen molar-refractivity contribution in [2.75, 3.05) is 13.1 Å². The van der Waals surface area contributed by atoms with Crippen LogP contribution in [0.1, 0.15) is 58.7 Å². The van der Waals surface area contributed by atoms with Crippen molar-refractivity contribution >= 4 is 0 Å². The Labute approximate surface area is 137 Å². The molecule has 0 aromatic heterocycles. The molecule has 1 aliphatic rings. The molecule has 0 spiro atoms. The summed E-state index contributed by atoms with van der Waals surface area (Å²) in [4.78, 5) is 5.41. The first-order valence-corrected chi connectivity index (χ1v) is 8.89. The van der Waals surface area contributed by atoms with Crippen molar-refractivity contribution in [1.82, 2.24) is 9.80 Å². The zero-order valence-electron chi connectivity index (χ0n) is 15.5. The lowest BCUT2D eigenvalue weighted by molar-refractivity contribution is -0.0205.